The van der Waals surface area contributed by atoms with Crippen molar-refractivity contribution < 1.29 is 4.79 Å². The van der Waals surface area contributed by atoms with Crippen LogP contribution in [0.1, 0.15) is 10.6 Å². The summed E-state index contributed by atoms with van der Waals surface area (Å²) in [6.07, 6.45) is 1.97. The first-order valence-electron chi connectivity index (χ1n) is 3.16. The largest absolute Gasteiger partial charge is 0.332 e. The minimum Gasteiger partial charge on any atom is -0.332 e. The summed E-state index contributed by atoms with van der Waals surface area (Å²) >= 11 is 4.06. The molecule has 12 heavy (non-hydrogen) atoms. The number of rotatable bonds is 1. The zero-order valence-electron chi connectivity index (χ0n) is 5.85. The lowest BCUT2D eigenvalue weighted by Gasteiger charge is -1.88. The monoisotopic (exact) mass is 180 g/mol. The van der Waals surface area contributed by atoms with E-state index in [0.29, 0.717) is 22.5 Å². The molecule has 2 rings (SSSR count). The highest BCUT2D eigenvalue weighted by atomic mass is 32.1. The molecule has 0 amide bonds. The minimum absolute atomic E-state index is 0.237. The average molecular weight is 180 g/mol. The Morgan fingerprint density at radius 1 is 1.50 bits per heavy atom. The fraction of sp³-hybridized carbons (Fsp3) is 0. The molecule has 0 saturated heterocycles. The number of aromatic amines is 1. The van der Waals surface area contributed by atoms with Crippen molar-refractivity contribution in [2.45, 2.75) is 5.03 Å². The highest BCUT2D eigenvalue weighted by Gasteiger charge is 2.05. The molecule has 0 aliphatic heterocycles. The van der Waals surface area contributed by atoms with E-state index in [0.717, 1.165) is 0 Å². The van der Waals surface area contributed by atoms with E-state index < -0.39 is 0 Å². The van der Waals surface area contributed by atoms with Crippen molar-refractivity contribution >= 4 is 30.1 Å². The van der Waals surface area contributed by atoms with Gasteiger partial charge < -0.3 is 4.98 Å². The Morgan fingerprint density at radius 3 is 3.00 bits per heavy atom. The Balaban J connectivity index is 2.82. The Kier molecular flexibility index (Phi) is 1.54. The van der Waals surface area contributed by atoms with Gasteiger partial charge in [0.05, 0.1) is 0 Å². The van der Waals surface area contributed by atoms with Gasteiger partial charge in [-0.15, -0.1) is 12.6 Å². The Bertz CT molecular complexity index is 438. The second-order valence-electron chi connectivity index (χ2n) is 2.14. The van der Waals surface area contributed by atoms with Crippen molar-refractivity contribution in [3.63, 3.8) is 0 Å². The molecule has 0 saturated carbocycles. The zero-order chi connectivity index (χ0) is 8.55. The van der Waals surface area contributed by atoms with E-state index in [-0.39, 0.29) is 5.82 Å². The van der Waals surface area contributed by atoms with Crippen molar-refractivity contribution in [2.24, 2.45) is 0 Å². The third-order valence-corrected chi connectivity index (χ3v) is 1.74. The number of H-pyrrole nitrogens is 1. The van der Waals surface area contributed by atoms with Crippen LogP contribution in [0, 0.1) is 0 Å². The lowest BCUT2D eigenvalue weighted by Crippen LogP contribution is -1.81. The topological polar surface area (TPSA) is 71.5 Å². The van der Waals surface area contributed by atoms with Crippen molar-refractivity contribution in [3.8, 4) is 0 Å². The van der Waals surface area contributed by atoms with Crippen LogP contribution in [0.5, 0.6) is 0 Å². The average Bonchev–Trinajstić information content (AvgIpc) is 2.49. The van der Waals surface area contributed by atoms with Crippen molar-refractivity contribution in [1.82, 2.24) is 19.9 Å². The first-order valence-corrected chi connectivity index (χ1v) is 3.61. The fourth-order valence-corrected chi connectivity index (χ4v) is 1.10. The summed E-state index contributed by atoms with van der Waals surface area (Å²) in [6.45, 7) is 0. The maximum absolute atomic E-state index is 10.3. The fourth-order valence-electron chi connectivity index (χ4n) is 0.890. The molecule has 0 aliphatic rings. The van der Waals surface area contributed by atoms with E-state index in [1.165, 1.54) is 6.33 Å². The second-order valence-corrected chi connectivity index (χ2v) is 2.56. The SMILES string of the molecule is O=Cc1nc2ncnc(S)c2[nH]1. The lowest BCUT2D eigenvalue weighted by molar-refractivity contribution is 0.111. The maximum atomic E-state index is 10.3. The van der Waals surface area contributed by atoms with E-state index in [2.05, 4.69) is 32.6 Å². The molecular formula is C6H4N4OS. The summed E-state index contributed by atoms with van der Waals surface area (Å²) in [5.41, 5.74) is 1.04. The molecule has 0 fully saturated rings. The molecule has 0 bridgehead atoms. The van der Waals surface area contributed by atoms with Gasteiger partial charge in [-0.05, 0) is 0 Å². The first-order chi connectivity index (χ1) is 5.81. The number of carbonyl (C=O) groups excluding carboxylic acids is 1. The number of aldehydes is 1. The molecule has 0 aromatic carbocycles. The number of aromatic nitrogens is 4. The van der Waals surface area contributed by atoms with Gasteiger partial charge in [0.25, 0.3) is 0 Å². The molecule has 2 aromatic heterocycles. The number of nitrogens with one attached hydrogen (secondary N) is 1. The van der Waals surface area contributed by atoms with Gasteiger partial charge in [-0.2, -0.15) is 0 Å². The zero-order valence-corrected chi connectivity index (χ0v) is 6.75. The van der Waals surface area contributed by atoms with Crippen LogP contribution in [0.3, 0.4) is 0 Å². The van der Waals surface area contributed by atoms with Gasteiger partial charge in [-0.3, -0.25) is 4.79 Å². The van der Waals surface area contributed by atoms with Crippen LogP contribution in [0.25, 0.3) is 11.2 Å². The third-order valence-electron chi connectivity index (χ3n) is 1.40. The van der Waals surface area contributed by atoms with Crippen LogP contribution in [0.15, 0.2) is 11.4 Å². The van der Waals surface area contributed by atoms with Gasteiger partial charge in [0.15, 0.2) is 17.8 Å². The summed E-state index contributed by atoms with van der Waals surface area (Å²) in [7, 11) is 0. The molecule has 1 N–H and O–H groups in total. The standard InChI is InChI=1S/C6H4N4OS/c11-1-3-9-4-5(10-3)7-2-8-6(4)12/h1-2H,(H2,7,8,9,10,12). The normalized spacial score (nSPS) is 10.4. The van der Waals surface area contributed by atoms with E-state index >= 15 is 0 Å². The number of nitrogens with zero attached hydrogens (tertiary/aromatic N) is 3. The predicted molar refractivity (Wildman–Crippen MR) is 44.3 cm³/mol. The van der Waals surface area contributed by atoms with Gasteiger partial charge in [-0.1, -0.05) is 0 Å². The smallest absolute Gasteiger partial charge is 0.185 e. The molecule has 0 unspecified atom stereocenters. The molecule has 0 aliphatic carbocycles. The summed E-state index contributed by atoms with van der Waals surface area (Å²) in [5.74, 6) is 0.237. The van der Waals surface area contributed by atoms with Crippen molar-refractivity contribution in [2.75, 3.05) is 0 Å². The molecule has 0 radical (unpaired) electrons. The number of carbonyl (C=O) groups is 1. The van der Waals surface area contributed by atoms with Crippen LogP contribution in [-0.4, -0.2) is 26.2 Å². The summed E-state index contributed by atoms with van der Waals surface area (Å²) in [5, 5.41) is 0.487. The van der Waals surface area contributed by atoms with Gasteiger partial charge in [-0.25, -0.2) is 15.0 Å². The van der Waals surface area contributed by atoms with Crippen LogP contribution >= 0.6 is 12.6 Å². The van der Waals surface area contributed by atoms with Crippen molar-refractivity contribution in [1.29, 1.82) is 0 Å². The summed E-state index contributed by atoms with van der Waals surface area (Å²) < 4.78 is 0. The predicted octanol–water partition coefficient (Wildman–Crippen LogP) is 0.454. The molecule has 6 heteroatoms. The molecular weight excluding hydrogens is 176 g/mol. The third kappa shape index (κ3) is 0.964. The molecule has 0 spiro atoms. The van der Waals surface area contributed by atoms with E-state index in [1.54, 1.807) is 0 Å². The Hall–Kier alpha value is -1.43. The summed E-state index contributed by atoms with van der Waals surface area (Å²) in [4.78, 5) is 24.6. The summed E-state index contributed by atoms with van der Waals surface area (Å²) in [6, 6.07) is 0. The number of fused-ring (bicyclic) bond motifs is 1. The quantitative estimate of drug-likeness (QED) is 0.380. The lowest BCUT2D eigenvalue weighted by atomic mass is 10.6. The van der Waals surface area contributed by atoms with Crippen molar-refractivity contribution in [3.05, 3.63) is 12.2 Å². The molecule has 5 nitrogen and oxygen atoms in total. The minimum atomic E-state index is 0.237. The van der Waals surface area contributed by atoms with Crippen LogP contribution in [-0.2, 0) is 0 Å². The number of hydrogen-bond acceptors (Lipinski definition) is 5. The number of thiol groups is 1. The molecule has 0 atom stereocenters. The first kappa shape index (κ1) is 7.23. The molecule has 2 heterocycles. The van der Waals surface area contributed by atoms with Crippen LogP contribution in [0.2, 0.25) is 0 Å². The van der Waals surface area contributed by atoms with Gasteiger partial charge in [0.2, 0.25) is 0 Å². The number of imidazole rings is 1. The maximum Gasteiger partial charge on any atom is 0.185 e. The van der Waals surface area contributed by atoms with Gasteiger partial charge >= 0.3 is 0 Å². The van der Waals surface area contributed by atoms with Gasteiger partial charge in [0, 0.05) is 0 Å². The Labute approximate surface area is 72.7 Å². The van der Waals surface area contributed by atoms with E-state index in [4.69, 9.17) is 0 Å². The highest BCUT2D eigenvalue weighted by molar-refractivity contribution is 7.80. The Morgan fingerprint density at radius 2 is 2.33 bits per heavy atom. The number of hydrogen-bond donors (Lipinski definition) is 2. The molecule has 60 valence electrons. The van der Waals surface area contributed by atoms with E-state index in [9.17, 15) is 4.79 Å². The highest BCUT2D eigenvalue weighted by Crippen LogP contribution is 2.13. The van der Waals surface area contributed by atoms with Crippen LogP contribution < -0.4 is 0 Å². The van der Waals surface area contributed by atoms with E-state index in [1.807, 2.05) is 0 Å². The van der Waals surface area contributed by atoms with Gasteiger partial charge in [0.1, 0.15) is 16.9 Å². The molecule has 2 aromatic rings. The second kappa shape index (κ2) is 2.56. The van der Waals surface area contributed by atoms with Crippen LogP contribution in [0.4, 0.5) is 0 Å².